The van der Waals surface area contributed by atoms with Crippen molar-refractivity contribution in [2.75, 3.05) is 13.7 Å². The van der Waals surface area contributed by atoms with Gasteiger partial charge in [-0.1, -0.05) is 22.9 Å². The number of benzene rings is 1. The highest BCUT2D eigenvalue weighted by Crippen LogP contribution is 2.34. The standard InChI is InChI=1S/C13H15Br2NO2/c1-3-16-6-12-10(7-17-2)9-4-8(14)5-11(15)13(9)18-12/h4-5,16H,3,6-7H2,1-2H3. The van der Waals surface area contributed by atoms with Crippen LogP contribution in [0.5, 0.6) is 0 Å². The maximum absolute atomic E-state index is 5.93. The molecule has 0 aliphatic heterocycles. The second-order valence-corrected chi connectivity index (χ2v) is 5.75. The molecule has 2 aromatic rings. The summed E-state index contributed by atoms with van der Waals surface area (Å²) in [4.78, 5) is 0. The van der Waals surface area contributed by atoms with E-state index in [-0.39, 0.29) is 0 Å². The summed E-state index contributed by atoms with van der Waals surface area (Å²) in [5.74, 6) is 0.938. The maximum atomic E-state index is 5.93. The number of ether oxygens (including phenoxy) is 1. The van der Waals surface area contributed by atoms with Gasteiger partial charge in [0.25, 0.3) is 0 Å². The van der Waals surface area contributed by atoms with Gasteiger partial charge in [0.05, 0.1) is 17.6 Å². The third-order valence-corrected chi connectivity index (χ3v) is 3.77. The van der Waals surface area contributed by atoms with Crippen LogP contribution in [0.25, 0.3) is 11.0 Å². The number of furan rings is 1. The highest BCUT2D eigenvalue weighted by molar-refractivity contribution is 9.11. The van der Waals surface area contributed by atoms with Crippen LogP contribution >= 0.6 is 31.9 Å². The van der Waals surface area contributed by atoms with Crippen LogP contribution in [0, 0.1) is 0 Å². The molecule has 1 heterocycles. The van der Waals surface area contributed by atoms with Gasteiger partial charge < -0.3 is 14.5 Å². The summed E-state index contributed by atoms with van der Waals surface area (Å²) in [6.45, 7) is 4.25. The lowest BCUT2D eigenvalue weighted by Crippen LogP contribution is -2.12. The summed E-state index contributed by atoms with van der Waals surface area (Å²) in [7, 11) is 1.70. The molecule has 5 heteroatoms. The van der Waals surface area contributed by atoms with Crippen LogP contribution in [-0.4, -0.2) is 13.7 Å². The van der Waals surface area contributed by atoms with Crippen LogP contribution in [0.15, 0.2) is 25.5 Å². The average molecular weight is 377 g/mol. The summed E-state index contributed by atoms with van der Waals surface area (Å²) in [6.07, 6.45) is 0. The van der Waals surface area contributed by atoms with Crippen molar-refractivity contribution in [3.63, 3.8) is 0 Å². The lowest BCUT2D eigenvalue weighted by molar-refractivity contribution is 0.183. The molecule has 1 N–H and O–H groups in total. The minimum Gasteiger partial charge on any atom is -0.458 e. The number of methoxy groups -OCH3 is 1. The van der Waals surface area contributed by atoms with Crippen molar-refractivity contribution < 1.29 is 9.15 Å². The molecule has 0 fully saturated rings. The van der Waals surface area contributed by atoms with E-state index in [0.29, 0.717) is 13.2 Å². The van der Waals surface area contributed by atoms with E-state index in [2.05, 4.69) is 50.2 Å². The first kappa shape index (κ1) is 14.1. The molecule has 98 valence electrons. The molecule has 0 saturated carbocycles. The summed E-state index contributed by atoms with van der Waals surface area (Å²) in [5, 5.41) is 4.37. The molecule has 0 amide bonds. The van der Waals surface area contributed by atoms with Crippen LogP contribution in [0.2, 0.25) is 0 Å². The van der Waals surface area contributed by atoms with Gasteiger partial charge in [-0.2, -0.15) is 0 Å². The number of fused-ring (bicyclic) bond motifs is 1. The number of rotatable bonds is 5. The van der Waals surface area contributed by atoms with E-state index in [1.165, 1.54) is 0 Å². The van der Waals surface area contributed by atoms with E-state index in [9.17, 15) is 0 Å². The second-order valence-electron chi connectivity index (χ2n) is 3.98. The highest BCUT2D eigenvalue weighted by Gasteiger charge is 2.16. The molecule has 0 saturated heterocycles. The fourth-order valence-electron chi connectivity index (χ4n) is 1.91. The minimum absolute atomic E-state index is 0.552. The molecule has 3 nitrogen and oxygen atoms in total. The Kier molecular flexibility index (Phi) is 4.84. The number of nitrogens with one attached hydrogen (secondary N) is 1. The SMILES string of the molecule is CCNCc1oc2c(Br)cc(Br)cc2c1COC. The van der Waals surface area contributed by atoms with Gasteiger partial charge in [0, 0.05) is 22.5 Å². The fraction of sp³-hybridized carbons (Fsp3) is 0.385. The molecule has 0 unspecified atom stereocenters. The van der Waals surface area contributed by atoms with Crippen molar-refractivity contribution in [2.45, 2.75) is 20.1 Å². The third-order valence-electron chi connectivity index (χ3n) is 2.72. The van der Waals surface area contributed by atoms with Gasteiger partial charge >= 0.3 is 0 Å². The molecule has 0 aliphatic carbocycles. The van der Waals surface area contributed by atoms with Crippen molar-refractivity contribution in [3.8, 4) is 0 Å². The largest absolute Gasteiger partial charge is 0.458 e. The Balaban J connectivity index is 2.55. The zero-order valence-corrected chi connectivity index (χ0v) is 13.5. The lowest BCUT2D eigenvalue weighted by Gasteiger charge is -2.02. The van der Waals surface area contributed by atoms with E-state index in [4.69, 9.17) is 9.15 Å². The minimum atomic E-state index is 0.552. The number of halogens is 2. The molecular weight excluding hydrogens is 362 g/mol. The first-order chi connectivity index (χ1) is 8.67. The predicted octanol–water partition coefficient (Wildman–Crippen LogP) is 4.21. The van der Waals surface area contributed by atoms with Gasteiger partial charge in [0.1, 0.15) is 11.3 Å². The molecule has 1 aromatic heterocycles. The molecule has 0 aliphatic rings. The van der Waals surface area contributed by atoms with Gasteiger partial charge in [-0.25, -0.2) is 0 Å². The Hall–Kier alpha value is -0.360. The fourth-order valence-corrected chi connectivity index (χ4v) is 3.21. The average Bonchev–Trinajstić information content (AvgIpc) is 2.66. The summed E-state index contributed by atoms with van der Waals surface area (Å²) in [6, 6.07) is 4.05. The number of hydrogen-bond donors (Lipinski definition) is 1. The predicted molar refractivity (Wildman–Crippen MR) is 79.7 cm³/mol. The summed E-state index contributed by atoms with van der Waals surface area (Å²) >= 11 is 7.03. The smallest absolute Gasteiger partial charge is 0.148 e. The highest BCUT2D eigenvalue weighted by atomic mass is 79.9. The van der Waals surface area contributed by atoms with Gasteiger partial charge in [0.15, 0.2) is 0 Å². The van der Waals surface area contributed by atoms with Crippen LogP contribution in [-0.2, 0) is 17.9 Å². The normalized spacial score (nSPS) is 11.3. The number of hydrogen-bond acceptors (Lipinski definition) is 3. The molecule has 1 aromatic carbocycles. The quantitative estimate of drug-likeness (QED) is 0.848. The lowest BCUT2D eigenvalue weighted by atomic mass is 10.1. The van der Waals surface area contributed by atoms with E-state index >= 15 is 0 Å². The first-order valence-corrected chi connectivity index (χ1v) is 7.35. The molecule has 0 spiro atoms. The van der Waals surface area contributed by atoms with Crippen LogP contribution in [0.4, 0.5) is 0 Å². The first-order valence-electron chi connectivity index (χ1n) is 5.76. The second kappa shape index (κ2) is 6.19. The molecule has 0 bridgehead atoms. The monoisotopic (exact) mass is 375 g/mol. The van der Waals surface area contributed by atoms with Crippen LogP contribution in [0.1, 0.15) is 18.2 Å². The summed E-state index contributed by atoms with van der Waals surface area (Å²) in [5.41, 5.74) is 1.98. The Bertz CT molecular complexity index is 551. The zero-order chi connectivity index (χ0) is 13.1. The van der Waals surface area contributed by atoms with E-state index in [1.54, 1.807) is 7.11 Å². The Morgan fingerprint density at radius 3 is 2.78 bits per heavy atom. The molecule has 0 atom stereocenters. The Morgan fingerprint density at radius 1 is 1.33 bits per heavy atom. The Labute approximate surface area is 123 Å². The van der Waals surface area contributed by atoms with Crippen LogP contribution in [0.3, 0.4) is 0 Å². The zero-order valence-electron chi connectivity index (χ0n) is 10.3. The van der Waals surface area contributed by atoms with E-state index < -0.39 is 0 Å². The van der Waals surface area contributed by atoms with Crippen molar-refractivity contribution in [2.24, 2.45) is 0 Å². The maximum Gasteiger partial charge on any atom is 0.148 e. The van der Waals surface area contributed by atoms with Gasteiger partial charge in [-0.05, 0) is 34.6 Å². The van der Waals surface area contributed by atoms with Gasteiger partial charge in [0.2, 0.25) is 0 Å². The third kappa shape index (κ3) is 2.79. The van der Waals surface area contributed by atoms with E-state index in [0.717, 1.165) is 37.8 Å². The van der Waals surface area contributed by atoms with Crippen LogP contribution < -0.4 is 5.32 Å². The van der Waals surface area contributed by atoms with Gasteiger partial charge in [-0.3, -0.25) is 0 Å². The van der Waals surface area contributed by atoms with Gasteiger partial charge in [-0.15, -0.1) is 0 Å². The van der Waals surface area contributed by atoms with E-state index in [1.807, 2.05) is 6.07 Å². The molecular formula is C13H15Br2NO2. The Morgan fingerprint density at radius 2 is 2.11 bits per heavy atom. The molecule has 18 heavy (non-hydrogen) atoms. The van der Waals surface area contributed by atoms with Crippen molar-refractivity contribution in [1.29, 1.82) is 0 Å². The van der Waals surface area contributed by atoms with Crippen molar-refractivity contribution in [1.82, 2.24) is 5.32 Å². The topological polar surface area (TPSA) is 34.4 Å². The molecule has 0 radical (unpaired) electrons. The van der Waals surface area contributed by atoms with Crippen molar-refractivity contribution >= 4 is 42.8 Å². The van der Waals surface area contributed by atoms with Crippen molar-refractivity contribution in [3.05, 3.63) is 32.4 Å². The molecule has 2 rings (SSSR count). The summed E-state index contributed by atoms with van der Waals surface area (Å²) < 4.78 is 13.2.